The number of thioether (sulfide) groups is 1. The van der Waals surface area contributed by atoms with Crippen molar-refractivity contribution in [2.45, 2.75) is 13.1 Å². The van der Waals surface area contributed by atoms with Gasteiger partial charge >= 0.3 is 0 Å². The Bertz CT molecular complexity index is 275. The van der Waals surface area contributed by atoms with Crippen LogP contribution in [0.15, 0.2) is 6.20 Å². The second-order valence-electron chi connectivity index (χ2n) is 3.49. The van der Waals surface area contributed by atoms with Crippen LogP contribution in [-0.2, 0) is 13.1 Å². The predicted octanol–water partition coefficient (Wildman–Crippen LogP) is 0.0316. The molecule has 2 N–H and O–H groups in total. The molecule has 15 heavy (non-hydrogen) atoms. The third kappa shape index (κ3) is 4.63. The monoisotopic (exact) mass is 229 g/mol. The molecule has 0 aliphatic carbocycles. The average molecular weight is 229 g/mol. The summed E-state index contributed by atoms with van der Waals surface area (Å²) >= 11 is 1.85. The van der Waals surface area contributed by atoms with Crippen molar-refractivity contribution < 1.29 is 0 Å². The minimum atomic E-state index is 0.602. The van der Waals surface area contributed by atoms with Gasteiger partial charge in [0.2, 0.25) is 0 Å². The van der Waals surface area contributed by atoms with E-state index in [-0.39, 0.29) is 0 Å². The fourth-order valence-corrected chi connectivity index (χ4v) is 1.75. The highest BCUT2D eigenvalue weighted by atomic mass is 32.2. The quantitative estimate of drug-likeness (QED) is 0.715. The van der Waals surface area contributed by atoms with Crippen LogP contribution in [0.2, 0.25) is 0 Å². The first-order valence-electron chi connectivity index (χ1n) is 5.03. The number of nitrogens with two attached hydrogens (primary N) is 1. The van der Waals surface area contributed by atoms with Gasteiger partial charge < -0.3 is 5.73 Å². The van der Waals surface area contributed by atoms with Gasteiger partial charge in [0.05, 0.1) is 12.2 Å². The van der Waals surface area contributed by atoms with E-state index in [2.05, 4.69) is 28.5 Å². The van der Waals surface area contributed by atoms with Gasteiger partial charge in [-0.1, -0.05) is 5.21 Å². The molecular weight excluding hydrogens is 210 g/mol. The summed E-state index contributed by atoms with van der Waals surface area (Å²) in [5.74, 6) is 1.15. The highest BCUT2D eigenvalue weighted by molar-refractivity contribution is 7.98. The molecule has 6 heteroatoms. The van der Waals surface area contributed by atoms with Gasteiger partial charge in [0.15, 0.2) is 0 Å². The molecule has 0 spiro atoms. The van der Waals surface area contributed by atoms with E-state index < -0.39 is 0 Å². The molecule has 0 unspecified atom stereocenters. The molecule has 0 fully saturated rings. The van der Waals surface area contributed by atoms with Gasteiger partial charge in [0.25, 0.3) is 0 Å². The van der Waals surface area contributed by atoms with E-state index in [9.17, 15) is 0 Å². The maximum Gasteiger partial charge on any atom is 0.0967 e. The molecule has 0 aliphatic heterocycles. The van der Waals surface area contributed by atoms with Gasteiger partial charge in [-0.05, 0) is 13.3 Å². The molecule has 0 radical (unpaired) electrons. The zero-order valence-electron chi connectivity index (χ0n) is 9.39. The largest absolute Gasteiger partial charge is 0.329 e. The molecule has 5 nitrogen and oxygen atoms in total. The van der Waals surface area contributed by atoms with E-state index in [4.69, 9.17) is 5.73 Å². The van der Waals surface area contributed by atoms with E-state index in [0.717, 1.165) is 31.1 Å². The Kier molecular flexibility index (Phi) is 5.67. The van der Waals surface area contributed by atoms with Crippen molar-refractivity contribution in [3.63, 3.8) is 0 Å². The lowest BCUT2D eigenvalue weighted by Crippen LogP contribution is -2.20. The van der Waals surface area contributed by atoms with Crippen LogP contribution < -0.4 is 5.73 Å². The first-order chi connectivity index (χ1) is 7.26. The summed E-state index contributed by atoms with van der Waals surface area (Å²) in [4.78, 5) is 2.24. The third-order valence-corrected chi connectivity index (χ3v) is 2.64. The second-order valence-corrected chi connectivity index (χ2v) is 4.48. The molecule has 86 valence electrons. The van der Waals surface area contributed by atoms with Crippen LogP contribution >= 0.6 is 11.8 Å². The fourth-order valence-electron chi connectivity index (χ4n) is 1.26. The Morgan fingerprint density at radius 3 is 3.07 bits per heavy atom. The predicted molar refractivity (Wildman–Crippen MR) is 63.8 cm³/mol. The normalized spacial score (nSPS) is 11.2. The highest BCUT2D eigenvalue weighted by Gasteiger charge is 2.03. The molecule has 0 bridgehead atoms. The van der Waals surface area contributed by atoms with Crippen molar-refractivity contribution in [1.29, 1.82) is 0 Å². The summed E-state index contributed by atoms with van der Waals surface area (Å²) in [5.41, 5.74) is 6.44. The van der Waals surface area contributed by atoms with Gasteiger partial charge in [0, 0.05) is 31.6 Å². The molecule has 0 saturated heterocycles. The van der Waals surface area contributed by atoms with E-state index in [1.54, 1.807) is 4.68 Å². The molecule has 1 heterocycles. The van der Waals surface area contributed by atoms with Gasteiger partial charge in [-0.3, -0.25) is 9.58 Å². The summed E-state index contributed by atoms with van der Waals surface area (Å²) in [7, 11) is 2.10. The van der Waals surface area contributed by atoms with E-state index in [1.807, 2.05) is 18.0 Å². The maximum atomic E-state index is 5.43. The Morgan fingerprint density at radius 1 is 1.60 bits per heavy atom. The number of hydrogen-bond acceptors (Lipinski definition) is 5. The average Bonchev–Trinajstić information content (AvgIpc) is 2.63. The van der Waals surface area contributed by atoms with Crippen LogP contribution in [0.3, 0.4) is 0 Å². The number of nitrogens with zero attached hydrogens (tertiary/aromatic N) is 4. The molecule has 0 atom stereocenters. The first-order valence-corrected chi connectivity index (χ1v) is 6.42. The Morgan fingerprint density at radius 2 is 2.40 bits per heavy atom. The SMILES string of the molecule is CSCCN(C)Cc1cn(CCN)nn1. The minimum absolute atomic E-state index is 0.602. The zero-order valence-corrected chi connectivity index (χ0v) is 10.2. The molecule has 0 aliphatic rings. The number of aromatic nitrogens is 3. The van der Waals surface area contributed by atoms with Crippen LogP contribution in [0.25, 0.3) is 0 Å². The van der Waals surface area contributed by atoms with Gasteiger partial charge in [-0.15, -0.1) is 5.10 Å². The summed E-state index contributed by atoms with van der Waals surface area (Å²) in [6, 6.07) is 0. The van der Waals surface area contributed by atoms with Gasteiger partial charge in [-0.25, -0.2) is 0 Å². The molecule has 1 aromatic rings. The van der Waals surface area contributed by atoms with Crippen molar-refractivity contribution in [2.75, 3.05) is 32.1 Å². The summed E-state index contributed by atoms with van der Waals surface area (Å²) in [5, 5.41) is 8.09. The lowest BCUT2D eigenvalue weighted by atomic mass is 10.4. The molecule has 0 amide bonds. The Labute approximate surface area is 95.0 Å². The number of rotatable bonds is 7. The molecule has 0 aromatic carbocycles. The van der Waals surface area contributed by atoms with Crippen LogP contribution in [-0.4, -0.2) is 52.0 Å². The van der Waals surface area contributed by atoms with Crippen molar-refractivity contribution in [1.82, 2.24) is 19.9 Å². The van der Waals surface area contributed by atoms with Crippen molar-refractivity contribution in [2.24, 2.45) is 5.73 Å². The first kappa shape index (κ1) is 12.5. The highest BCUT2D eigenvalue weighted by Crippen LogP contribution is 2.00. The lowest BCUT2D eigenvalue weighted by Gasteiger charge is -2.13. The summed E-state index contributed by atoms with van der Waals surface area (Å²) < 4.78 is 1.79. The maximum absolute atomic E-state index is 5.43. The topological polar surface area (TPSA) is 60.0 Å². The van der Waals surface area contributed by atoms with E-state index in [0.29, 0.717) is 6.54 Å². The smallest absolute Gasteiger partial charge is 0.0967 e. The van der Waals surface area contributed by atoms with Gasteiger partial charge in [-0.2, -0.15) is 11.8 Å². The molecule has 1 rings (SSSR count). The Balaban J connectivity index is 2.35. The van der Waals surface area contributed by atoms with Crippen LogP contribution in [0.1, 0.15) is 5.69 Å². The van der Waals surface area contributed by atoms with Crippen LogP contribution in [0.4, 0.5) is 0 Å². The minimum Gasteiger partial charge on any atom is -0.329 e. The van der Waals surface area contributed by atoms with E-state index >= 15 is 0 Å². The van der Waals surface area contributed by atoms with E-state index in [1.165, 1.54) is 0 Å². The van der Waals surface area contributed by atoms with Crippen molar-refractivity contribution in [3.05, 3.63) is 11.9 Å². The van der Waals surface area contributed by atoms with Crippen LogP contribution in [0.5, 0.6) is 0 Å². The second kappa shape index (κ2) is 6.81. The summed E-state index contributed by atoms with van der Waals surface area (Å²) in [6.07, 6.45) is 4.08. The van der Waals surface area contributed by atoms with Crippen molar-refractivity contribution >= 4 is 11.8 Å². The number of hydrogen-bond donors (Lipinski definition) is 1. The third-order valence-electron chi connectivity index (χ3n) is 2.05. The van der Waals surface area contributed by atoms with Crippen LogP contribution in [0, 0.1) is 0 Å². The fraction of sp³-hybridized carbons (Fsp3) is 0.778. The summed E-state index contributed by atoms with van der Waals surface area (Å²) in [6.45, 7) is 3.27. The lowest BCUT2D eigenvalue weighted by molar-refractivity contribution is 0.344. The van der Waals surface area contributed by atoms with Crippen molar-refractivity contribution in [3.8, 4) is 0 Å². The molecule has 1 aromatic heterocycles. The zero-order chi connectivity index (χ0) is 11.1. The molecule has 0 saturated carbocycles. The molecular formula is C9H19N5S. The van der Waals surface area contributed by atoms with Gasteiger partial charge in [0.1, 0.15) is 0 Å². The standard InChI is InChI=1S/C9H19N5S/c1-13(5-6-15-2)7-9-8-14(4-3-10)12-11-9/h8H,3-7,10H2,1-2H3. The Hall–Kier alpha value is -0.590.